The van der Waals surface area contributed by atoms with Crippen molar-refractivity contribution in [2.45, 2.75) is 13.3 Å². The molecular formula is C7H8N2S3. The van der Waals surface area contributed by atoms with Crippen LogP contribution in [0.5, 0.6) is 0 Å². The lowest BCUT2D eigenvalue weighted by Crippen LogP contribution is -1.86. The van der Waals surface area contributed by atoms with Crippen LogP contribution in [0.2, 0.25) is 0 Å². The Bertz CT molecular complexity index is 194. The average Bonchev–Trinajstić information content (AvgIpc) is 2.64. The van der Waals surface area contributed by atoms with Gasteiger partial charge in [-0.2, -0.15) is 10.5 Å². The Morgan fingerprint density at radius 2 is 1.75 bits per heavy atom. The predicted octanol–water partition coefficient (Wildman–Crippen LogP) is 3.56. The first kappa shape index (κ1) is 11.8. The van der Waals surface area contributed by atoms with E-state index in [9.17, 15) is 0 Å². The number of rotatable bonds is 1. The molecule has 0 radical (unpaired) electrons. The summed E-state index contributed by atoms with van der Waals surface area (Å²) in [4.78, 5) is 0. The van der Waals surface area contributed by atoms with Crippen LogP contribution in [0.25, 0.3) is 0 Å². The lowest BCUT2D eigenvalue weighted by atomic mass is 10.1. The van der Waals surface area contributed by atoms with Gasteiger partial charge < -0.3 is 0 Å². The molecule has 1 rings (SSSR count). The molecule has 0 aromatic carbocycles. The van der Waals surface area contributed by atoms with Crippen molar-refractivity contribution in [1.82, 2.24) is 0 Å². The van der Waals surface area contributed by atoms with Crippen molar-refractivity contribution >= 4 is 31.4 Å². The van der Waals surface area contributed by atoms with Crippen LogP contribution in [-0.4, -0.2) is 0 Å². The Hall–Kier alpha value is -0.230. The molecule has 2 nitrogen and oxygen atoms in total. The van der Waals surface area contributed by atoms with E-state index in [1.807, 2.05) is 19.1 Å². The Kier molecular flexibility index (Phi) is 8.69. The molecule has 0 amide bonds. The van der Waals surface area contributed by atoms with E-state index in [1.54, 1.807) is 31.4 Å². The van der Waals surface area contributed by atoms with Crippen LogP contribution in [0, 0.1) is 28.6 Å². The van der Waals surface area contributed by atoms with Crippen molar-refractivity contribution < 1.29 is 0 Å². The summed E-state index contributed by atoms with van der Waals surface area (Å²) in [6, 6.07) is 3.68. The molecule has 64 valence electrons. The summed E-state index contributed by atoms with van der Waals surface area (Å²) in [6.07, 6.45) is 0.632. The fourth-order valence-electron chi connectivity index (χ4n) is 0.325. The van der Waals surface area contributed by atoms with Gasteiger partial charge in [-0.1, -0.05) is 28.5 Å². The van der Waals surface area contributed by atoms with E-state index < -0.39 is 5.92 Å². The third-order valence-electron chi connectivity index (χ3n) is 0.965. The van der Waals surface area contributed by atoms with Crippen molar-refractivity contribution in [2.75, 3.05) is 0 Å². The molecule has 12 heavy (non-hydrogen) atoms. The summed E-state index contributed by atoms with van der Waals surface area (Å²) in [5.74, 6) is -0.403. The minimum Gasteiger partial charge on any atom is -0.197 e. The highest BCUT2D eigenvalue weighted by Crippen LogP contribution is 2.42. The first-order chi connectivity index (χ1) is 5.85. The van der Waals surface area contributed by atoms with Gasteiger partial charge in [0.15, 0.2) is 0 Å². The molecule has 0 N–H and O–H groups in total. The average molecular weight is 216 g/mol. The highest BCUT2D eigenvalue weighted by atomic mass is 33.5. The van der Waals surface area contributed by atoms with Crippen molar-refractivity contribution in [3.8, 4) is 12.1 Å². The smallest absolute Gasteiger partial charge is 0.133 e. The largest absolute Gasteiger partial charge is 0.197 e. The number of nitriles is 2. The lowest BCUT2D eigenvalue weighted by Gasteiger charge is -1.84. The normalized spacial score (nSPS) is 13.0. The zero-order valence-electron chi connectivity index (χ0n) is 6.56. The van der Waals surface area contributed by atoms with E-state index in [-0.39, 0.29) is 0 Å². The van der Waals surface area contributed by atoms with Crippen molar-refractivity contribution in [2.24, 2.45) is 5.92 Å². The van der Waals surface area contributed by atoms with Gasteiger partial charge in [-0.3, -0.25) is 0 Å². The molecule has 0 aromatic rings. The molecule has 1 aliphatic heterocycles. The van der Waals surface area contributed by atoms with Crippen LogP contribution in [0.4, 0.5) is 0 Å². The first-order valence-electron chi connectivity index (χ1n) is 3.28. The quantitative estimate of drug-likeness (QED) is 0.627. The van der Waals surface area contributed by atoms with Gasteiger partial charge >= 0.3 is 0 Å². The van der Waals surface area contributed by atoms with Crippen LogP contribution in [-0.2, 0) is 0 Å². The van der Waals surface area contributed by atoms with Gasteiger partial charge in [-0.15, -0.1) is 0 Å². The van der Waals surface area contributed by atoms with E-state index >= 15 is 0 Å². The third kappa shape index (κ3) is 6.48. The molecule has 1 heterocycles. The third-order valence-corrected chi connectivity index (χ3v) is 4.34. The summed E-state index contributed by atoms with van der Waals surface area (Å²) in [5, 5.41) is 20.3. The summed E-state index contributed by atoms with van der Waals surface area (Å²) >= 11 is 0. The Morgan fingerprint density at radius 3 is 1.83 bits per heavy atom. The van der Waals surface area contributed by atoms with E-state index in [4.69, 9.17) is 10.5 Å². The molecule has 0 atom stereocenters. The van der Waals surface area contributed by atoms with Gasteiger partial charge in [-0.25, -0.2) is 0 Å². The van der Waals surface area contributed by atoms with Crippen LogP contribution >= 0.6 is 31.4 Å². The molecule has 0 saturated carbocycles. The van der Waals surface area contributed by atoms with Crippen LogP contribution in [0.1, 0.15) is 13.3 Å². The van der Waals surface area contributed by atoms with E-state index in [0.29, 0.717) is 6.42 Å². The second kappa shape index (κ2) is 8.86. The SMILES string of the molecule is C1=CSSS1.CCC(C#N)C#N. The van der Waals surface area contributed by atoms with Crippen LogP contribution < -0.4 is 0 Å². The van der Waals surface area contributed by atoms with Crippen LogP contribution in [0.15, 0.2) is 10.8 Å². The molecule has 0 bridgehead atoms. The van der Waals surface area contributed by atoms with Gasteiger partial charge in [-0.05, 0) is 27.1 Å². The van der Waals surface area contributed by atoms with E-state index in [1.165, 1.54) is 0 Å². The molecule has 0 saturated heterocycles. The Morgan fingerprint density at radius 1 is 1.25 bits per heavy atom. The lowest BCUT2D eigenvalue weighted by molar-refractivity contribution is 0.802. The van der Waals surface area contributed by atoms with Crippen molar-refractivity contribution in [1.29, 1.82) is 10.5 Å². The number of nitrogens with zero attached hydrogens (tertiary/aromatic N) is 2. The van der Waals surface area contributed by atoms with Gasteiger partial charge in [0, 0.05) is 0 Å². The second-order valence-corrected chi connectivity index (χ2v) is 5.60. The fraction of sp³-hybridized carbons (Fsp3) is 0.429. The molecule has 0 spiro atoms. The highest BCUT2D eigenvalue weighted by molar-refractivity contribution is 9.11. The molecule has 0 fully saturated rings. The monoisotopic (exact) mass is 216 g/mol. The van der Waals surface area contributed by atoms with Gasteiger partial charge in [0.1, 0.15) is 5.92 Å². The predicted molar refractivity (Wildman–Crippen MR) is 56.9 cm³/mol. The summed E-state index contributed by atoms with van der Waals surface area (Å²) in [7, 11) is 5.34. The zero-order chi connectivity index (χ0) is 9.23. The maximum atomic E-state index is 8.05. The molecule has 0 unspecified atom stereocenters. The van der Waals surface area contributed by atoms with Crippen molar-refractivity contribution in [3.63, 3.8) is 0 Å². The standard InChI is InChI=1S/C5H6N2.C2H2S3/c1-2-5(3-6)4-7;1-2-4-5-3-1/h5H,2H2,1H3;1-2H. The topological polar surface area (TPSA) is 47.6 Å². The fourth-order valence-corrected chi connectivity index (χ4v) is 3.27. The van der Waals surface area contributed by atoms with Gasteiger partial charge in [0.05, 0.1) is 12.1 Å². The Labute approximate surface area is 84.2 Å². The zero-order valence-corrected chi connectivity index (χ0v) is 9.01. The second-order valence-electron chi connectivity index (χ2n) is 1.75. The summed E-state index contributed by atoms with van der Waals surface area (Å²) in [6.45, 7) is 1.82. The Balaban J connectivity index is 0.000000211. The summed E-state index contributed by atoms with van der Waals surface area (Å²) in [5.41, 5.74) is 0. The molecular weight excluding hydrogens is 208 g/mol. The molecule has 0 aliphatic carbocycles. The first-order valence-corrected chi connectivity index (χ1v) is 6.89. The number of hydrogen-bond donors (Lipinski definition) is 0. The van der Waals surface area contributed by atoms with Gasteiger partial charge in [0.2, 0.25) is 0 Å². The summed E-state index contributed by atoms with van der Waals surface area (Å²) < 4.78 is 0. The molecule has 1 aliphatic rings. The van der Waals surface area contributed by atoms with E-state index in [0.717, 1.165) is 0 Å². The van der Waals surface area contributed by atoms with E-state index in [2.05, 4.69) is 10.8 Å². The maximum Gasteiger partial charge on any atom is 0.133 e. The highest BCUT2D eigenvalue weighted by Gasteiger charge is 1.96. The molecule has 0 aromatic heterocycles. The minimum atomic E-state index is -0.403. The maximum absolute atomic E-state index is 8.05. The molecule has 5 heteroatoms. The van der Waals surface area contributed by atoms with Gasteiger partial charge in [0.25, 0.3) is 0 Å². The van der Waals surface area contributed by atoms with Crippen molar-refractivity contribution in [3.05, 3.63) is 10.8 Å². The minimum absolute atomic E-state index is 0.403. The number of hydrogen-bond acceptors (Lipinski definition) is 5. The van der Waals surface area contributed by atoms with Crippen LogP contribution in [0.3, 0.4) is 0 Å².